The molecule has 0 radical (unpaired) electrons. The third-order valence-electron chi connectivity index (χ3n) is 3.64. The van der Waals surface area contributed by atoms with Crippen molar-refractivity contribution in [3.63, 3.8) is 0 Å². The molecule has 0 bridgehead atoms. The lowest BCUT2D eigenvalue weighted by Crippen LogP contribution is -2.32. The van der Waals surface area contributed by atoms with Crippen molar-refractivity contribution in [1.82, 2.24) is 5.32 Å². The number of rotatable bonds is 5. The summed E-state index contributed by atoms with van der Waals surface area (Å²) in [7, 11) is 0. The standard InChI is InChI=1S/C13H11ClF5NO/c14-4-3-13(1-2-13)5-20-12(21)6-7(15)9(17)11(19)10(18)8(6)16/h1-5H2,(H,20,21). The summed E-state index contributed by atoms with van der Waals surface area (Å²) in [6, 6.07) is 0. The minimum Gasteiger partial charge on any atom is -0.351 e. The topological polar surface area (TPSA) is 29.1 Å². The summed E-state index contributed by atoms with van der Waals surface area (Å²) in [5.74, 6) is -11.8. The highest BCUT2D eigenvalue weighted by atomic mass is 35.5. The predicted molar refractivity (Wildman–Crippen MR) is 65.6 cm³/mol. The smallest absolute Gasteiger partial charge is 0.257 e. The largest absolute Gasteiger partial charge is 0.351 e. The van der Waals surface area contributed by atoms with Crippen LogP contribution in [0.1, 0.15) is 29.6 Å². The quantitative estimate of drug-likeness (QED) is 0.381. The van der Waals surface area contributed by atoms with Crippen molar-refractivity contribution in [3.8, 4) is 0 Å². The fraction of sp³-hybridized carbons (Fsp3) is 0.462. The van der Waals surface area contributed by atoms with Gasteiger partial charge in [0.1, 0.15) is 5.56 Å². The molecular weight excluding hydrogens is 317 g/mol. The number of hydrogen-bond donors (Lipinski definition) is 1. The summed E-state index contributed by atoms with van der Waals surface area (Å²) >= 11 is 5.59. The molecule has 2 nitrogen and oxygen atoms in total. The summed E-state index contributed by atoms with van der Waals surface area (Å²) in [5.41, 5.74) is -1.70. The first-order chi connectivity index (χ1) is 9.83. The molecule has 0 saturated heterocycles. The van der Waals surface area contributed by atoms with Crippen LogP contribution in [0.5, 0.6) is 0 Å². The van der Waals surface area contributed by atoms with E-state index in [9.17, 15) is 26.7 Å². The average Bonchev–Trinajstić information content (AvgIpc) is 3.22. The Balaban J connectivity index is 2.20. The van der Waals surface area contributed by atoms with E-state index < -0.39 is 40.6 Å². The van der Waals surface area contributed by atoms with Gasteiger partial charge in [0, 0.05) is 12.4 Å². The first-order valence-electron chi connectivity index (χ1n) is 6.18. The van der Waals surface area contributed by atoms with Crippen molar-refractivity contribution >= 4 is 17.5 Å². The van der Waals surface area contributed by atoms with Gasteiger partial charge < -0.3 is 5.32 Å². The summed E-state index contributed by atoms with van der Waals surface area (Å²) in [6.07, 6.45) is 2.18. The van der Waals surface area contributed by atoms with Gasteiger partial charge in [-0.2, -0.15) is 0 Å². The van der Waals surface area contributed by atoms with Gasteiger partial charge in [0.25, 0.3) is 5.91 Å². The van der Waals surface area contributed by atoms with E-state index in [2.05, 4.69) is 5.32 Å². The third kappa shape index (κ3) is 2.97. The Labute approximate surface area is 122 Å². The molecule has 8 heteroatoms. The zero-order valence-electron chi connectivity index (χ0n) is 10.7. The van der Waals surface area contributed by atoms with Gasteiger partial charge in [-0.05, 0) is 24.7 Å². The van der Waals surface area contributed by atoms with E-state index in [-0.39, 0.29) is 12.0 Å². The summed E-state index contributed by atoms with van der Waals surface area (Å²) in [6.45, 7) is 0.0814. The summed E-state index contributed by atoms with van der Waals surface area (Å²) < 4.78 is 65.8. The molecule has 0 atom stereocenters. The van der Waals surface area contributed by atoms with Gasteiger partial charge in [0.15, 0.2) is 23.3 Å². The molecule has 21 heavy (non-hydrogen) atoms. The Morgan fingerprint density at radius 3 is 1.90 bits per heavy atom. The Morgan fingerprint density at radius 1 is 1.00 bits per heavy atom. The second-order valence-corrected chi connectivity index (χ2v) is 5.44. The second kappa shape index (κ2) is 5.79. The monoisotopic (exact) mass is 327 g/mol. The lowest BCUT2D eigenvalue weighted by atomic mass is 10.0. The van der Waals surface area contributed by atoms with Crippen LogP contribution in [0.15, 0.2) is 0 Å². The lowest BCUT2D eigenvalue weighted by Gasteiger charge is -2.15. The number of amides is 1. The third-order valence-corrected chi connectivity index (χ3v) is 3.83. The van der Waals surface area contributed by atoms with E-state index in [4.69, 9.17) is 11.6 Å². The van der Waals surface area contributed by atoms with Crippen molar-refractivity contribution in [2.24, 2.45) is 5.41 Å². The van der Waals surface area contributed by atoms with Crippen LogP contribution < -0.4 is 5.32 Å². The summed E-state index contributed by atoms with van der Waals surface area (Å²) in [4.78, 5) is 11.7. The Hall–Kier alpha value is -1.37. The summed E-state index contributed by atoms with van der Waals surface area (Å²) in [5, 5.41) is 2.21. The molecule has 1 amide bonds. The molecule has 1 saturated carbocycles. The number of halogens is 6. The van der Waals surface area contributed by atoms with Crippen molar-refractivity contribution in [2.75, 3.05) is 12.4 Å². The fourth-order valence-corrected chi connectivity index (χ4v) is 2.45. The predicted octanol–water partition coefficient (Wildman–Crippen LogP) is 3.52. The van der Waals surface area contributed by atoms with E-state index in [1.165, 1.54) is 0 Å². The number of carbonyl (C=O) groups excluding carboxylic acids is 1. The highest BCUT2D eigenvalue weighted by molar-refractivity contribution is 6.17. The Kier molecular flexibility index (Phi) is 4.41. The molecule has 0 spiro atoms. The second-order valence-electron chi connectivity index (χ2n) is 5.07. The van der Waals surface area contributed by atoms with Gasteiger partial charge in [-0.25, -0.2) is 22.0 Å². The van der Waals surface area contributed by atoms with Crippen LogP contribution >= 0.6 is 11.6 Å². The van der Waals surface area contributed by atoms with E-state index >= 15 is 0 Å². The van der Waals surface area contributed by atoms with Crippen molar-refractivity contribution in [1.29, 1.82) is 0 Å². The molecule has 0 aromatic heterocycles. The van der Waals surface area contributed by atoms with Gasteiger partial charge in [-0.3, -0.25) is 4.79 Å². The first kappa shape index (κ1) is 16.0. The van der Waals surface area contributed by atoms with Gasteiger partial charge >= 0.3 is 0 Å². The molecule has 0 aliphatic heterocycles. The highest BCUT2D eigenvalue weighted by Gasteiger charge is 2.42. The van der Waals surface area contributed by atoms with E-state index in [1.54, 1.807) is 0 Å². The number of nitrogens with one attached hydrogen (secondary N) is 1. The highest BCUT2D eigenvalue weighted by Crippen LogP contribution is 2.48. The van der Waals surface area contributed by atoms with Crippen LogP contribution in [-0.4, -0.2) is 18.3 Å². The van der Waals surface area contributed by atoms with Crippen molar-refractivity contribution in [3.05, 3.63) is 34.6 Å². The molecule has 0 heterocycles. The van der Waals surface area contributed by atoms with Crippen LogP contribution in [0.3, 0.4) is 0 Å². The lowest BCUT2D eigenvalue weighted by molar-refractivity contribution is 0.0932. The minimum atomic E-state index is -2.29. The van der Waals surface area contributed by atoms with Crippen LogP contribution in [-0.2, 0) is 0 Å². The molecule has 1 aromatic carbocycles. The van der Waals surface area contributed by atoms with Gasteiger partial charge in [0.05, 0.1) is 0 Å². The molecule has 116 valence electrons. The van der Waals surface area contributed by atoms with Gasteiger partial charge in [-0.15, -0.1) is 11.6 Å². The maximum absolute atomic E-state index is 13.4. The Morgan fingerprint density at radius 2 is 1.48 bits per heavy atom. The van der Waals surface area contributed by atoms with Crippen LogP contribution in [0.4, 0.5) is 22.0 Å². The zero-order valence-corrected chi connectivity index (χ0v) is 11.5. The maximum atomic E-state index is 13.4. The number of hydrogen-bond acceptors (Lipinski definition) is 1. The molecule has 1 aliphatic carbocycles. The van der Waals surface area contributed by atoms with Crippen molar-refractivity contribution in [2.45, 2.75) is 19.3 Å². The van der Waals surface area contributed by atoms with E-state index in [0.717, 1.165) is 12.8 Å². The fourth-order valence-electron chi connectivity index (χ4n) is 2.05. The number of alkyl halides is 1. The Bertz CT molecular complexity index is 559. The van der Waals surface area contributed by atoms with Crippen LogP contribution in [0, 0.1) is 34.5 Å². The first-order valence-corrected chi connectivity index (χ1v) is 6.72. The van der Waals surface area contributed by atoms with Gasteiger partial charge in [-0.1, -0.05) is 0 Å². The SMILES string of the molecule is O=C(NCC1(CCCl)CC1)c1c(F)c(F)c(F)c(F)c1F. The zero-order chi connectivity index (χ0) is 15.8. The molecule has 1 N–H and O–H groups in total. The average molecular weight is 328 g/mol. The minimum absolute atomic E-state index is 0.0814. The van der Waals surface area contributed by atoms with E-state index in [0.29, 0.717) is 12.3 Å². The van der Waals surface area contributed by atoms with Gasteiger partial charge in [0.2, 0.25) is 5.82 Å². The maximum Gasteiger partial charge on any atom is 0.257 e. The molecule has 1 aliphatic rings. The van der Waals surface area contributed by atoms with Crippen molar-refractivity contribution < 1.29 is 26.7 Å². The molecule has 1 aromatic rings. The molecular formula is C13H11ClF5NO. The van der Waals surface area contributed by atoms with Crippen LogP contribution in [0.25, 0.3) is 0 Å². The molecule has 1 fully saturated rings. The molecule has 0 unspecified atom stereocenters. The van der Waals surface area contributed by atoms with Crippen LogP contribution in [0.2, 0.25) is 0 Å². The number of benzene rings is 1. The normalized spacial score (nSPS) is 15.9. The number of carbonyl (C=O) groups is 1. The molecule has 2 rings (SSSR count). The van der Waals surface area contributed by atoms with E-state index in [1.807, 2.05) is 0 Å².